The summed E-state index contributed by atoms with van der Waals surface area (Å²) >= 11 is 1.84. The van der Waals surface area contributed by atoms with Gasteiger partial charge in [0.25, 0.3) is 0 Å². The molecule has 0 saturated carbocycles. The lowest BCUT2D eigenvalue weighted by Gasteiger charge is -2.10. The van der Waals surface area contributed by atoms with E-state index < -0.39 is 0 Å². The van der Waals surface area contributed by atoms with Crippen molar-refractivity contribution in [2.75, 3.05) is 0 Å². The van der Waals surface area contributed by atoms with Gasteiger partial charge >= 0.3 is 0 Å². The van der Waals surface area contributed by atoms with Crippen molar-refractivity contribution < 1.29 is 4.42 Å². The van der Waals surface area contributed by atoms with Crippen LogP contribution in [-0.2, 0) is 0 Å². The highest BCUT2D eigenvalue weighted by Gasteiger charge is 2.22. The number of hydrogen-bond donors (Lipinski definition) is 0. The van der Waals surface area contributed by atoms with Crippen molar-refractivity contribution >= 4 is 86.2 Å². The third kappa shape index (κ3) is 3.79. The van der Waals surface area contributed by atoms with Crippen molar-refractivity contribution in [2.45, 2.75) is 0 Å². The number of aromatic nitrogens is 3. The van der Waals surface area contributed by atoms with Gasteiger partial charge in [0.1, 0.15) is 11.2 Å². The Kier molecular flexibility index (Phi) is 5.51. The summed E-state index contributed by atoms with van der Waals surface area (Å²) in [6.07, 6.45) is 0. The number of fused-ring (bicyclic) bond motifs is 11. The van der Waals surface area contributed by atoms with Gasteiger partial charge in [-0.1, -0.05) is 109 Å². The average molecular weight is 644 g/mol. The summed E-state index contributed by atoms with van der Waals surface area (Å²) in [6, 6.07) is 53.3. The van der Waals surface area contributed by atoms with Crippen LogP contribution < -0.4 is 0 Å². The molecule has 0 radical (unpaired) electrons. The molecule has 4 aromatic heterocycles. The van der Waals surface area contributed by atoms with Crippen LogP contribution in [0.15, 0.2) is 156 Å². The summed E-state index contributed by atoms with van der Waals surface area (Å²) in [7, 11) is 0. The van der Waals surface area contributed by atoms with Gasteiger partial charge in [0.15, 0.2) is 5.82 Å². The van der Waals surface area contributed by atoms with Gasteiger partial charge < -0.3 is 8.98 Å². The molecule has 0 fully saturated rings. The smallest absolute Gasteiger partial charge is 0.161 e. The lowest BCUT2D eigenvalue weighted by molar-refractivity contribution is 0.669. The number of nitrogens with zero attached hydrogens (tertiary/aromatic N) is 3. The van der Waals surface area contributed by atoms with Gasteiger partial charge in [-0.25, -0.2) is 9.97 Å². The SMILES string of the molecule is c1ccc(-c2nc(-c3cccc4c3sc3c4ccc4c3c3ccccc3n4-c3cccc4oc5ccccc5c34)nc3ccccc23)cc1. The Morgan fingerprint density at radius 1 is 0.469 bits per heavy atom. The van der Waals surface area contributed by atoms with Crippen molar-refractivity contribution in [3.8, 4) is 28.3 Å². The van der Waals surface area contributed by atoms with Crippen LogP contribution in [0, 0.1) is 0 Å². The van der Waals surface area contributed by atoms with Gasteiger partial charge in [0, 0.05) is 52.8 Å². The largest absolute Gasteiger partial charge is 0.456 e. The Balaban J connectivity index is 1.21. The third-order valence-electron chi connectivity index (χ3n) is 9.81. The maximum Gasteiger partial charge on any atom is 0.161 e. The second kappa shape index (κ2) is 10.1. The van der Waals surface area contributed by atoms with Crippen LogP contribution in [-0.4, -0.2) is 14.5 Å². The van der Waals surface area contributed by atoms with Crippen LogP contribution in [0.3, 0.4) is 0 Å². The Hall–Kier alpha value is -6.30. The first-order valence-electron chi connectivity index (χ1n) is 16.4. The molecule has 11 rings (SSSR count). The lowest BCUT2D eigenvalue weighted by atomic mass is 10.0. The quantitative estimate of drug-likeness (QED) is 0.192. The van der Waals surface area contributed by atoms with Gasteiger partial charge in [-0.15, -0.1) is 11.3 Å². The van der Waals surface area contributed by atoms with Gasteiger partial charge in [0.2, 0.25) is 0 Å². The minimum absolute atomic E-state index is 0.742. The van der Waals surface area contributed by atoms with Crippen molar-refractivity contribution in [3.05, 3.63) is 152 Å². The molecule has 0 aliphatic carbocycles. The van der Waals surface area contributed by atoms with Gasteiger partial charge in [0.05, 0.1) is 33.3 Å². The van der Waals surface area contributed by atoms with Crippen LogP contribution in [0.25, 0.3) is 103 Å². The number of para-hydroxylation sites is 3. The maximum atomic E-state index is 6.32. The van der Waals surface area contributed by atoms with E-state index in [1.54, 1.807) is 0 Å². The highest BCUT2D eigenvalue weighted by atomic mass is 32.1. The van der Waals surface area contributed by atoms with Crippen molar-refractivity contribution in [3.63, 3.8) is 0 Å². The van der Waals surface area contributed by atoms with E-state index >= 15 is 0 Å². The fraction of sp³-hybridized carbons (Fsp3) is 0. The van der Waals surface area contributed by atoms with E-state index in [2.05, 4.69) is 132 Å². The predicted octanol–water partition coefficient (Wildman–Crippen LogP) is 12.3. The summed E-state index contributed by atoms with van der Waals surface area (Å²) in [5.74, 6) is 0.742. The molecule has 228 valence electrons. The molecule has 0 aliphatic rings. The Labute approximate surface area is 284 Å². The molecule has 11 aromatic rings. The zero-order valence-corrected chi connectivity index (χ0v) is 26.9. The monoisotopic (exact) mass is 643 g/mol. The summed E-state index contributed by atoms with van der Waals surface area (Å²) in [4.78, 5) is 10.4. The molecule has 4 nitrogen and oxygen atoms in total. The maximum absolute atomic E-state index is 6.32. The predicted molar refractivity (Wildman–Crippen MR) is 205 cm³/mol. The number of hydrogen-bond acceptors (Lipinski definition) is 4. The molecule has 0 spiro atoms. The minimum atomic E-state index is 0.742. The second-order valence-electron chi connectivity index (χ2n) is 12.5. The molecule has 0 atom stereocenters. The van der Waals surface area contributed by atoms with Gasteiger partial charge in [-0.2, -0.15) is 0 Å². The first kappa shape index (κ1) is 26.7. The van der Waals surface area contributed by atoms with E-state index in [4.69, 9.17) is 14.4 Å². The first-order valence-corrected chi connectivity index (χ1v) is 17.2. The van der Waals surface area contributed by atoms with Crippen LogP contribution >= 0.6 is 11.3 Å². The Morgan fingerprint density at radius 3 is 2.10 bits per heavy atom. The van der Waals surface area contributed by atoms with E-state index in [9.17, 15) is 0 Å². The van der Waals surface area contributed by atoms with E-state index in [1.165, 1.54) is 42.0 Å². The summed E-state index contributed by atoms with van der Waals surface area (Å²) in [5.41, 5.74) is 9.28. The zero-order chi connectivity index (χ0) is 32.1. The summed E-state index contributed by atoms with van der Waals surface area (Å²) in [6.45, 7) is 0. The molecule has 7 aromatic carbocycles. The topological polar surface area (TPSA) is 43.9 Å². The summed E-state index contributed by atoms with van der Waals surface area (Å²) < 4.78 is 11.2. The fourth-order valence-corrected chi connectivity index (χ4v) is 9.06. The molecule has 0 saturated heterocycles. The molecular weight excluding hydrogens is 619 g/mol. The molecule has 0 N–H and O–H groups in total. The van der Waals surface area contributed by atoms with E-state index in [1.807, 2.05) is 35.6 Å². The number of furan rings is 1. The van der Waals surface area contributed by atoms with Crippen LogP contribution in [0.1, 0.15) is 0 Å². The second-order valence-corrected chi connectivity index (χ2v) is 13.5. The zero-order valence-electron chi connectivity index (χ0n) is 26.1. The summed E-state index contributed by atoms with van der Waals surface area (Å²) in [5, 5.41) is 8.25. The molecule has 5 heteroatoms. The number of thiophene rings is 1. The van der Waals surface area contributed by atoms with E-state index in [0.29, 0.717) is 0 Å². The average Bonchev–Trinajstić information content (AvgIpc) is 3.84. The third-order valence-corrected chi connectivity index (χ3v) is 11.1. The molecule has 0 aliphatic heterocycles. The lowest BCUT2D eigenvalue weighted by Crippen LogP contribution is -1.95. The first-order chi connectivity index (χ1) is 24.3. The Bertz CT molecular complexity index is 3110. The van der Waals surface area contributed by atoms with Crippen molar-refractivity contribution in [2.24, 2.45) is 0 Å². The van der Waals surface area contributed by atoms with Gasteiger partial charge in [-0.3, -0.25) is 0 Å². The molecule has 0 amide bonds. The van der Waals surface area contributed by atoms with Gasteiger partial charge in [-0.05, 0) is 42.5 Å². The molecule has 49 heavy (non-hydrogen) atoms. The molecule has 4 heterocycles. The van der Waals surface area contributed by atoms with Crippen LogP contribution in [0.5, 0.6) is 0 Å². The highest BCUT2D eigenvalue weighted by molar-refractivity contribution is 7.27. The van der Waals surface area contributed by atoms with E-state index in [-0.39, 0.29) is 0 Å². The molecular formula is C44H25N3OS. The van der Waals surface area contributed by atoms with Crippen molar-refractivity contribution in [1.82, 2.24) is 14.5 Å². The van der Waals surface area contributed by atoms with E-state index in [0.717, 1.165) is 61.2 Å². The normalized spacial score (nSPS) is 12.1. The Morgan fingerprint density at radius 2 is 1.18 bits per heavy atom. The van der Waals surface area contributed by atoms with Crippen LogP contribution in [0.4, 0.5) is 0 Å². The fourth-order valence-electron chi connectivity index (χ4n) is 7.70. The van der Waals surface area contributed by atoms with Crippen LogP contribution in [0.2, 0.25) is 0 Å². The highest BCUT2D eigenvalue weighted by Crippen LogP contribution is 2.47. The molecule has 0 bridgehead atoms. The number of benzene rings is 7. The number of rotatable bonds is 3. The molecule has 0 unspecified atom stereocenters. The van der Waals surface area contributed by atoms with Crippen molar-refractivity contribution in [1.29, 1.82) is 0 Å². The minimum Gasteiger partial charge on any atom is -0.456 e. The standard InChI is InChI=1S/C44H25N3OS/c1-2-12-26(13-3-1)41-29-14-4-7-19-33(29)45-44(46-41)32-18-10-17-27-28-24-25-36-40(43(28)49-42(27)32)30-15-5-8-20-34(30)47(36)35-21-11-23-38-39(35)31-16-6-9-22-37(31)48-38/h1-25H.